The maximum Gasteiger partial charge on any atom is 0.245 e. The summed E-state index contributed by atoms with van der Waals surface area (Å²) in [7, 11) is 1.37. The first-order valence-electron chi connectivity index (χ1n) is 3.91. The Balaban J connectivity index is 4.16. The van der Waals surface area contributed by atoms with E-state index in [9.17, 15) is 9.59 Å². The van der Waals surface area contributed by atoms with E-state index in [1.165, 1.54) is 7.05 Å². The summed E-state index contributed by atoms with van der Waals surface area (Å²) >= 11 is 3.94. The van der Waals surface area contributed by atoms with E-state index in [0.717, 1.165) is 4.90 Å². The van der Waals surface area contributed by atoms with E-state index < -0.39 is 17.9 Å². The third kappa shape index (κ3) is 3.75. The van der Waals surface area contributed by atoms with Crippen molar-refractivity contribution >= 4 is 24.4 Å². The van der Waals surface area contributed by atoms with Crippen molar-refractivity contribution in [3.05, 3.63) is 0 Å². The lowest BCUT2D eigenvalue weighted by Crippen LogP contribution is -2.46. The zero-order valence-corrected chi connectivity index (χ0v) is 8.46. The summed E-state index contributed by atoms with van der Waals surface area (Å²) in [6.07, 6.45) is 0.449. The number of likely N-dealkylation sites (N-methyl/N-ethyl adjacent to an activating group) is 1. The summed E-state index contributed by atoms with van der Waals surface area (Å²) in [6, 6.07) is -0.669. The summed E-state index contributed by atoms with van der Waals surface area (Å²) in [5.74, 6) is -0.332. The molecule has 0 spiro atoms. The van der Waals surface area contributed by atoms with Crippen molar-refractivity contribution in [3.8, 4) is 0 Å². The first-order valence-corrected chi connectivity index (χ1v) is 4.54. The molecule has 0 unspecified atom stereocenters. The topological polar surface area (TPSA) is 89.4 Å². The number of thiol groups is 1. The highest BCUT2D eigenvalue weighted by molar-refractivity contribution is 7.80. The van der Waals surface area contributed by atoms with Crippen molar-refractivity contribution < 1.29 is 9.59 Å². The fourth-order valence-electron chi connectivity index (χ4n) is 0.771. The fourth-order valence-corrected chi connectivity index (χ4v) is 1.05. The molecule has 5 nitrogen and oxygen atoms in total. The van der Waals surface area contributed by atoms with E-state index in [1.807, 2.05) is 0 Å². The van der Waals surface area contributed by atoms with Crippen LogP contribution in [0.3, 0.4) is 0 Å². The molecule has 0 saturated heterocycles. The number of amides is 2. The van der Waals surface area contributed by atoms with Crippen LogP contribution in [0.25, 0.3) is 0 Å². The van der Waals surface area contributed by atoms with Crippen LogP contribution in [0.1, 0.15) is 6.42 Å². The zero-order chi connectivity index (χ0) is 10.4. The number of carbonyl (C=O) groups excluding carboxylic acids is 2. The normalized spacial score (nSPS) is 12.3. The summed E-state index contributed by atoms with van der Waals surface area (Å²) in [5.41, 5.74) is 10.6. The molecule has 2 amide bonds. The smallest absolute Gasteiger partial charge is 0.245 e. The lowest BCUT2D eigenvalue weighted by Gasteiger charge is -2.18. The molecular formula is C7H15N3O2S. The number of hydrogen-bond donors (Lipinski definition) is 3. The minimum absolute atomic E-state index is 0.185. The van der Waals surface area contributed by atoms with Gasteiger partial charge in [-0.2, -0.15) is 12.6 Å². The number of imide groups is 1. The number of rotatable bonds is 4. The Labute approximate surface area is 82.8 Å². The van der Waals surface area contributed by atoms with Crippen LogP contribution in [0.15, 0.2) is 0 Å². The van der Waals surface area contributed by atoms with Gasteiger partial charge in [-0.1, -0.05) is 0 Å². The van der Waals surface area contributed by atoms with Gasteiger partial charge in [0.05, 0.1) is 12.6 Å². The Morgan fingerprint density at radius 1 is 1.54 bits per heavy atom. The van der Waals surface area contributed by atoms with E-state index in [2.05, 4.69) is 12.6 Å². The van der Waals surface area contributed by atoms with Gasteiger partial charge in [0.25, 0.3) is 0 Å². The van der Waals surface area contributed by atoms with Crippen molar-refractivity contribution in [2.75, 3.05) is 19.3 Å². The second kappa shape index (κ2) is 5.95. The van der Waals surface area contributed by atoms with E-state index >= 15 is 0 Å². The molecule has 0 rings (SSSR count). The highest BCUT2D eigenvalue weighted by Crippen LogP contribution is 1.96. The molecule has 0 aliphatic carbocycles. The second-order valence-corrected chi connectivity index (χ2v) is 3.06. The van der Waals surface area contributed by atoms with Gasteiger partial charge < -0.3 is 11.5 Å². The predicted molar refractivity (Wildman–Crippen MR) is 53.3 cm³/mol. The summed E-state index contributed by atoms with van der Waals surface area (Å²) in [4.78, 5) is 23.2. The van der Waals surface area contributed by atoms with Crippen LogP contribution >= 0.6 is 12.6 Å². The highest BCUT2D eigenvalue weighted by Gasteiger charge is 2.21. The molecule has 4 N–H and O–H groups in total. The molecule has 0 aliphatic heterocycles. The van der Waals surface area contributed by atoms with Gasteiger partial charge in [-0.15, -0.1) is 0 Å². The molecule has 13 heavy (non-hydrogen) atoms. The third-order valence-electron chi connectivity index (χ3n) is 1.64. The van der Waals surface area contributed by atoms with Gasteiger partial charge in [0.15, 0.2) is 0 Å². The summed E-state index contributed by atoms with van der Waals surface area (Å²) < 4.78 is 0. The van der Waals surface area contributed by atoms with Gasteiger partial charge in [0.1, 0.15) is 0 Å². The largest absolute Gasteiger partial charge is 0.322 e. The van der Waals surface area contributed by atoms with E-state index in [0.29, 0.717) is 12.2 Å². The number of carbonyl (C=O) groups is 2. The van der Waals surface area contributed by atoms with Crippen LogP contribution in [0.4, 0.5) is 0 Å². The van der Waals surface area contributed by atoms with Gasteiger partial charge in [-0.25, -0.2) is 0 Å². The SMILES string of the molecule is CN(C(=O)CN)C(=O)[C@@H](N)CCS. The average molecular weight is 205 g/mol. The molecular weight excluding hydrogens is 190 g/mol. The minimum atomic E-state index is -0.669. The molecule has 0 aliphatic rings. The first kappa shape index (κ1) is 12.4. The van der Waals surface area contributed by atoms with Gasteiger partial charge in [0.2, 0.25) is 11.8 Å². The quantitative estimate of drug-likeness (QED) is 0.491. The molecule has 0 aromatic heterocycles. The molecule has 0 fully saturated rings. The van der Waals surface area contributed by atoms with Crippen molar-refractivity contribution in [1.29, 1.82) is 0 Å². The third-order valence-corrected chi connectivity index (χ3v) is 1.89. The molecule has 76 valence electrons. The maximum absolute atomic E-state index is 11.3. The van der Waals surface area contributed by atoms with Crippen LogP contribution in [0.5, 0.6) is 0 Å². The van der Waals surface area contributed by atoms with Crippen LogP contribution in [-0.4, -0.2) is 42.1 Å². The van der Waals surface area contributed by atoms with Crippen molar-refractivity contribution in [1.82, 2.24) is 4.90 Å². The zero-order valence-electron chi connectivity index (χ0n) is 7.56. The summed E-state index contributed by atoms with van der Waals surface area (Å²) in [5, 5.41) is 0. The van der Waals surface area contributed by atoms with E-state index in [4.69, 9.17) is 11.5 Å². The van der Waals surface area contributed by atoms with Crippen LogP contribution in [0.2, 0.25) is 0 Å². The Hall–Kier alpha value is -0.590. The minimum Gasteiger partial charge on any atom is -0.322 e. The maximum atomic E-state index is 11.3. The number of hydrogen-bond acceptors (Lipinski definition) is 5. The van der Waals surface area contributed by atoms with Crippen molar-refractivity contribution in [2.24, 2.45) is 11.5 Å². The standard InChI is InChI=1S/C7H15N3O2S/c1-10(6(11)4-8)7(12)5(9)2-3-13/h5,13H,2-4,8-9H2,1H3/t5-/m0/s1. The predicted octanol–water partition coefficient (Wildman–Crippen LogP) is -1.42. The van der Waals surface area contributed by atoms with Crippen molar-refractivity contribution in [2.45, 2.75) is 12.5 Å². The van der Waals surface area contributed by atoms with Gasteiger partial charge in [-0.05, 0) is 12.2 Å². The monoisotopic (exact) mass is 205 g/mol. The van der Waals surface area contributed by atoms with Crippen LogP contribution in [0, 0.1) is 0 Å². The van der Waals surface area contributed by atoms with Crippen molar-refractivity contribution in [3.63, 3.8) is 0 Å². The Morgan fingerprint density at radius 2 is 2.08 bits per heavy atom. The summed E-state index contributed by atoms with van der Waals surface area (Å²) in [6.45, 7) is -0.185. The Morgan fingerprint density at radius 3 is 2.46 bits per heavy atom. The average Bonchev–Trinajstić information content (AvgIpc) is 2.14. The van der Waals surface area contributed by atoms with Crippen LogP contribution in [-0.2, 0) is 9.59 Å². The molecule has 6 heteroatoms. The van der Waals surface area contributed by atoms with Gasteiger partial charge >= 0.3 is 0 Å². The fraction of sp³-hybridized carbons (Fsp3) is 0.714. The molecule has 0 bridgehead atoms. The molecule has 0 aromatic rings. The van der Waals surface area contributed by atoms with E-state index in [-0.39, 0.29) is 6.54 Å². The Bertz CT molecular complexity index is 198. The Kier molecular flexibility index (Phi) is 5.68. The second-order valence-electron chi connectivity index (χ2n) is 2.61. The lowest BCUT2D eigenvalue weighted by atomic mass is 10.2. The number of nitrogens with zero attached hydrogens (tertiary/aromatic N) is 1. The highest BCUT2D eigenvalue weighted by atomic mass is 32.1. The molecule has 0 saturated carbocycles. The molecule has 0 aromatic carbocycles. The molecule has 0 heterocycles. The first-order chi connectivity index (χ1) is 6.04. The van der Waals surface area contributed by atoms with Gasteiger partial charge in [0, 0.05) is 7.05 Å². The molecule has 1 atom stereocenters. The van der Waals surface area contributed by atoms with Gasteiger partial charge in [-0.3, -0.25) is 14.5 Å². The van der Waals surface area contributed by atoms with E-state index in [1.54, 1.807) is 0 Å². The molecule has 0 radical (unpaired) electrons. The number of nitrogens with two attached hydrogens (primary N) is 2. The lowest BCUT2D eigenvalue weighted by molar-refractivity contribution is -0.143. The van der Waals surface area contributed by atoms with Crippen LogP contribution < -0.4 is 11.5 Å².